The molecule has 3 N–H and O–H groups in total. The predicted molar refractivity (Wildman–Crippen MR) is 68.6 cm³/mol. The van der Waals surface area contributed by atoms with Crippen LogP contribution in [-0.4, -0.2) is 36.2 Å². The van der Waals surface area contributed by atoms with Gasteiger partial charge in [0.1, 0.15) is 0 Å². The molecule has 4 nitrogen and oxygen atoms in total. The van der Waals surface area contributed by atoms with Gasteiger partial charge in [0.05, 0.1) is 12.1 Å². The first kappa shape index (κ1) is 14.2. The van der Waals surface area contributed by atoms with Gasteiger partial charge in [-0.2, -0.15) is 0 Å². The molecule has 0 bridgehead atoms. The van der Waals surface area contributed by atoms with E-state index in [0.29, 0.717) is 12.5 Å². The topological polar surface area (TPSA) is 61.4 Å². The Morgan fingerprint density at radius 1 is 1.59 bits per heavy atom. The molecule has 3 unspecified atom stereocenters. The minimum atomic E-state index is -0.186. The summed E-state index contributed by atoms with van der Waals surface area (Å²) in [6, 6.07) is -0.186. The largest absolute Gasteiger partial charge is 0.393 e. The Bertz CT molecular complexity index is 256. The van der Waals surface area contributed by atoms with Crippen LogP contribution in [0, 0.1) is 5.92 Å². The zero-order valence-electron chi connectivity index (χ0n) is 10.6. The van der Waals surface area contributed by atoms with Crippen LogP contribution >= 0.6 is 0 Å². The van der Waals surface area contributed by atoms with Crippen molar-refractivity contribution in [1.29, 1.82) is 0 Å². The standard InChI is InChI=1S/C13H24N2O2/c1-3-7-14-13(17)10(2)15-9-11-5-4-6-12(16)8-11/h3,10-12,15-16H,1,4-9H2,2H3,(H,14,17). The van der Waals surface area contributed by atoms with Crippen LogP contribution in [0.4, 0.5) is 0 Å². The van der Waals surface area contributed by atoms with Crippen LogP contribution in [0.15, 0.2) is 12.7 Å². The Hall–Kier alpha value is -0.870. The van der Waals surface area contributed by atoms with Crippen molar-refractivity contribution in [1.82, 2.24) is 10.6 Å². The second kappa shape index (κ2) is 7.45. The van der Waals surface area contributed by atoms with Crippen molar-refractivity contribution in [2.24, 2.45) is 5.92 Å². The summed E-state index contributed by atoms with van der Waals surface area (Å²) in [5, 5.41) is 15.5. The maximum atomic E-state index is 11.6. The molecule has 98 valence electrons. The van der Waals surface area contributed by atoms with Crippen molar-refractivity contribution in [2.75, 3.05) is 13.1 Å². The minimum Gasteiger partial charge on any atom is -0.393 e. The maximum Gasteiger partial charge on any atom is 0.237 e. The molecule has 1 fully saturated rings. The van der Waals surface area contributed by atoms with Gasteiger partial charge in [-0.05, 0) is 38.6 Å². The molecule has 4 heteroatoms. The Labute approximate surface area is 103 Å². The van der Waals surface area contributed by atoms with Crippen molar-refractivity contribution < 1.29 is 9.90 Å². The number of carbonyl (C=O) groups is 1. The van der Waals surface area contributed by atoms with Crippen molar-refractivity contribution in [3.8, 4) is 0 Å². The van der Waals surface area contributed by atoms with E-state index in [4.69, 9.17) is 0 Å². The molecule has 1 rings (SSSR count). The molecule has 3 atom stereocenters. The summed E-state index contributed by atoms with van der Waals surface area (Å²) in [6.07, 6.45) is 5.53. The molecule has 1 amide bonds. The third-order valence-corrected chi connectivity index (χ3v) is 3.28. The third-order valence-electron chi connectivity index (χ3n) is 3.28. The molecule has 0 aromatic rings. The quantitative estimate of drug-likeness (QED) is 0.602. The normalized spacial score (nSPS) is 26.2. The van der Waals surface area contributed by atoms with Gasteiger partial charge in [-0.3, -0.25) is 4.79 Å². The zero-order chi connectivity index (χ0) is 12.7. The number of carbonyl (C=O) groups excluding carboxylic acids is 1. The van der Waals surface area contributed by atoms with Crippen LogP contribution < -0.4 is 10.6 Å². The van der Waals surface area contributed by atoms with Gasteiger partial charge in [0.2, 0.25) is 5.91 Å². The Morgan fingerprint density at radius 2 is 2.35 bits per heavy atom. The van der Waals surface area contributed by atoms with E-state index < -0.39 is 0 Å². The highest BCUT2D eigenvalue weighted by atomic mass is 16.3. The second-order valence-corrected chi connectivity index (χ2v) is 4.85. The van der Waals surface area contributed by atoms with Gasteiger partial charge in [0.15, 0.2) is 0 Å². The van der Waals surface area contributed by atoms with E-state index >= 15 is 0 Å². The average molecular weight is 240 g/mol. The first-order valence-corrected chi connectivity index (χ1v) is 6.43. The van der Waals surface area contributed by atoms with Gasteiger partial charge in [0, 0.05) is 6.54 Å². The molecule has 1 saturated carbocycles. The molecule has 0 heterocycles. The average Bonchev–Trinajstić information content (AvgIpc) is 2.33. The first-order chi connectivity index (χ1) is 8.13. The van der Waals surface area contributed by atoms with Crippen LogP contribution in [0.25, 0.3) is 0 Å². The van der Waals surface area contributed by atoms with Crippen molar-refractivity contribution in [3.05, 3.63) is 12.7 Å². The van der Waals surface area contributed by atoms with E-state index in [1.807, 2.05) is 6.92 Å². The molecular weight excluding hydrogens is 216 g/mol. The molecular formula is C13H24N2O2. The van der Waals surface area contributed by atoms with Crippen LogP contribution in [0.2, 0.25) is 0 Å². The molecule has 1 aliphatic carbocycles. The molecule has 0 aliphatic heterocycles. The summed E-state index contributed by atoms with van der Waals surface area (Å²) in [4.78, 5) is 11.6. The monoisotopic (exact) mass is 240 g/mol. The van der Waals surface area contributed by atoms with Gasteiger partial charge in [-0.25, -0.2) is 0 Å². The fourth-order valence-electron chi connectivity index (χ4n) is 2.21. The lowest BCUT2D eigenvalue weighted by atomic mass is 9.87. The van der Waals surface area contributed by atoms with Crippen LogP contribution in [0.5, 0.6) is 0 Å². The molecule has 1 aliphatic rings. The molecule has 0 aromatic heterocycles. The van der Waals surface area contributed by atoms with E-state index in [2.05, 4.69) is 17.2 Å². The maximum absolute atomic E-state index is 11.6. The van der Waals surface area contributed by atoms with Crippen LogP contribution in [0.1, 0.15) is 32.6 Å². The summed E-state index contributed by atoms with van der Waals surface area (Å²) < 4.78 is 0. The Balaban J connectivity index is 2.20. The van der Waals surface area contributed by atoms with Gasteiger partial charge in [-0.15, -0.1) is 6.58 Å². The van der Waals surface area contributed by atoms with Gasteiger partial charge in [0.25, 0.3) is 0 Å². The molecule has 0 spiro atoms. The minimum absolute atomic E-state index is 0.00116. The Morgan fingerprint density at radius 3 is 3.00 bits per heavy atom. The number of nitrogens with one attached hydrogen (secondary N) is 2. The van der Waals surface area contributed by atoms with Gasteiger partial charge in [-0.1, -0.05) is 12.5 Å². The number of amides is 1. The summed E-state index contributed by atoms with van der Waals surface area (Å²) in [5.74, 6) is 0.495. The summed E-state index contributed by atoms with van der Waals surface area (Å²) >= 11 is 0. The number of hydrogen-bond donors (Lipinski definition) is 3. The number of rotatable bonds is 6. The van der Waals surface area contributed by atoms with Crippen molar-refractivity contribution in [3.63, 3.8) is 0 Å². The summed E-state index contributed by atoms with van der Waals surface area (Å²) in [5.41, 5.74) is 0. The lowest BCUT2D eigenvalue weighted by Crippen LogP contribution is -2.44. The second-order valence-electron chi connectivity index (χ2n) is 4.85. The van der Waals surface area contributed by atoms with Gasteiger partial charge >= 0.3 is 0 Å². The number of aliphatic hydroxyl groups is 1. The lowest BCUT2D eigenvalue weighted by Gasteiger charge is -2.27. The summed E-state index contributed by atoms with van der Waals surface area (Å²) in [6.45, 7) is 6.73. The van der Waals surface area contributed by atoms with E-state index in [0.717, 1.165) is 32.2 Å². The smallest absolute Gasteiger partial charge is 0.237 e. The number of aliphatic hydroxyl groups excluding tert-OH is 1. The van der Waals surface area contributed by atoms with Crippen LogP contribution in [-0.2, 0) is 4.79 Å². The van der Waals surface area contributed by atoms with E-state index in [-0.39, 0.29) is 18.1 Å². The summed E-state index contributed by atoms with van der Waals surface area (Å²) in [7, 11) is 0. The first-order valence-electron chi connectivity index (χ1n) is 6.43. The molecule has 0 saturated heterocycles. The van der Waals surface area contributed by atoms with E-state index in [1.165, 1.54) is 0 Å². The highest BCUT2D eigenvalue weighted by molar-refractivity contribution is 5.81. The fourth-order valence-corrected chi connectivity index (χ4v) is 2.21. The van der Waals surface area contributed by atoms with Crippen molar-refractivity contribution >= 4 is 5.91 Å². The highest BCUT2D eigenvalue weighted by Gasteiger charge is 2.21. The fraction of sp³-hybridized carbons (Fsp3) is 0.769. The molecule has 17 heavy (non-hydrogen) atoms. The van der Waals surface area contributed by atoms with Crippen LogP contribution in [0.3, 0.4) is 0 Å². The highest BCUT2D eigenvalue weighted by Crippen LogP contribution is 2.23. The molecule has 0 aromatic carbocycles. The lowest BCUT2D eigenvalue weighted by molar-refractivity contribution is -0.122. The van der Waals surface area contributed by atoms with Gasteiger partial charge < -0.3 is 15.7 Å². The van der Waals surface area contributed by atoms with E-state index in [1.54, 1.807) is 6.08 Å². The third kappa shape index (κ3) is 5.33. The SMILES string of the molecule is C=CCNC(=O)C(C)NCC1CCCC(O)C1. The molecule has 0 radical (unpaired) electrons. The zero-order valence-corrected chi connectivity index (χ0v) is 10.6. The number of hydrogen-bond acceptors (Lipinski definition) is 3. The van der Waals surface area contributed by atoms with Crippen molar-refractivity contribution in [2.45, 2.75) is 44.8 Å². The Kier molecular flexibility index (Phi) is 6.22. The predicted octanol–water partition coefficient (Wildman–Crippen LogP) is 0.818. The van der Waals surface area contributed by atoms with E-state index in [9.17, 15) is 9.90 Å².